The van der Waals surface area contributed by atoms with E-state index in [1.165, 1.54) is 55.7 Å². The van der Waals surface area contributed by atoms with Crippen molar-refractivity contribution in [1.29, 1.82) is 5.26 Å². The highest BCUT2D eigenvalue weighted by atomic mass is 19.3. The number of amides is 1. The number of anilines is 1. The second-order valence-electron chi connectivity index (χ2n) is 5.30. The first-order valence-electron chi connectivity index (χ1n) is 7.73. The van der Waals surface area contributed by atoms with Crippen LogP contribution in [0.5, 0.6) is 11.5 Å². The molecule has 0 aliphatic carbocycles. The van der Waals surface area contributed by atoms with Crippen LogP contribution in [0.3, 0.4) is 0 Å². The van der Waals surface area contributed by atoms with Crippen molar-refractivity contribution in [2.45, 2.75) is 6.61 Å². The third kappa shape index (κ3) is 5.28. The summed E-state index contributed by atoms with van der Waals surface area (Å²) in [6, 6.07) is 11.1. The highest BCUT2D eigenvalue weighted by Crippen LogP contribution is 2.30. The monoisotopic (exact) mass is 388 g/mol. The number of ether oxygens (including phenoxy) is 2. The van der Waals surface area contributed by atoms with Crippen LogP contribution >= 0.6 is 0 Å². The fourth-order valence-corrected chi connectivity index (χ4v) is 2.18. The van der Waals surface area contributed by atoms with Gasteiger partial charge in [0.25, 0.3) is 5.91 Å². The van der Waals surface area contributed by atoms with Gasteiger partial charge in [0.2, 0.25) is 0 Å². The first-order valence-corrected chi connectivity index (χ1v) is 7.73. The van der Waals surface area contributed by atoms with Crippen molar-refractivity contribution in [2.24, 2.45) is 0 Å². The van der Waals surface area contributed by atoms with Gasteiger partial charge in [-0.1, -0.05) is 6.07 Å². The van der Waals surface area contributed by atoms with Gasteiger partial charge in [-0.2, -0.15) is 14.0 Å². The minimum absolute atomic E-state index is 0.0102. The summed E-state index contributed by atoms with van der Waals surface area (Å²) < 4.78 is 34.0. The number of benzene rings is 2. The number of carboxylic acid groups (broad SMARTS) is 1. The lowest BCUT2D eigenvalue weighted by Gasteiger charge is -2.10. The van der Waals surface area contributed by atoms with E-state index in [1.807, 2.05) is 0 Å². The molecule has 9 heteroatoms. The van der Waals surface area contributed by atoms with Gasteiger partial charge in [-0.15, -0.1) is 0 Å². The Labute approximate surface area is 158 Å². The molecular formula is C19H14F2N2O5. The number of alkyl halides is 2. The Morgan fingerprint density at radius 2 is 1.86 bits per heavy atom. The van der Waals surface area contributed by atoms with Gasteiger partial charge in [0.05, 0.1) is 12.7 Å². The number of methoxy groups -OCH3 is 1. The molecule has 0 atom stereocenters. The summed E-state index contributed by atoms with van der Waals surface area (Å²) in [5.74, 6) is -2.01. The normalized spacial score (nSPS) is 10.9. The van der Waals surface area contributed by atoms with Crippen molar-refractivity contribution in [2.75, 3.05) is 12.4 Å². The molecule has 0 aromatic heterocycles. The van der Waals surface area contributed by atoms with Gasteiger partial charge >= 0.3 is 12.6 Å². The van der Waals surface area contributed by atoms with Crippen LogP contribution in [0.1, 0.15) is 15.9 Å². The van der Waals surface area contributed by atoms with Gasteiger partial charge in [-0.25, -0.2) is 4.79 Å². The SMILES string of the molecule is COc1cc(/C=C(\C#N)C(=O)Nc2ccc(C(=O)O)cc2)ccc1OC(F)F. The second kappa shape index (κ2) is 9.14. The lowest BCUT2D eigenvalue weighted by molar-refractivity contribution is -0.112. The van der Waals surface area contributed by atoms with E-state index in [9.17, 15) is 23.6 Å². The van der Waals surface area contributed by atoms with Crippen LogP contribution in [-0.4, -0.2) is 30.7 Å². The Morgan fingerprint density at radius 1 is 1.18 bits per heavy atom. The molecule has 0 aliphatic rings. The average Bonchev–Trinajstić information content (AvgIpc) is 2.66. The third-order valence-corrected chi connectivity index (χ3v) is 3.47. The summed E-state index contributed by atoms with van der Waals surface area (Å²) in [7, 11) is 1.26. The number of hydrogen-bond donors (Lipinski definition) is 2. The molecule has 0 spiro atoms. The van der Waals surface area contributed by atoms with E-state index in [2.05, 4.69) is 10.1 Å². The van der Waals surface area contributed by atoms with E-state index in [-0.39, 0.29) is 22.6 Å². The predicted molar refractivity (Wildman–Crippen MR) is 95.2 cm³/mol. The molecule has 0 unspecified atom stereocenters. The van der Waals surface area contributed by atoms with Crippen molar-refractivity contribution < 1.29 is 33.0 Å². The Bertz CT molecular complexity index is 950. The molecule has 0 radical (unpaired) electrons. The Kier molecular flexibility index (Phi) is 6.65. The number of nitrogens with one attached hydrogen (secondary N) is 1. The first kappa shape index (κ1) is 20.4. The molecule has 2 aromatic rings. The number of nitrogens with zero attached hydrogens (tertiary/aromatic N) is 1. The number of rotatable bonds is 7. The van der Waals surface area contributed by atoms with Crippen LogP contribution in [0.25, 0.3) is 6.08 Å². The van der Waals surface area contributed by atoms with Crippen LogP contribution in [0.2, 0.25) is 0 Å². The van der Waals surface area contributed by atoms with Gasteiger partial charge in [-0.3, -0.25) is 4.79 Å². The molecule has 0 heterocycles. The maximum Gasteiger partial charge on any atom is 0.387 e. The Balaban J connectivity index is 2.21. The minimum atomic E-state index is -3.02. The van der Waals surface area contributed by atoms with E-state index >= 15 is 0 Å². The van der Waals surface area contributed by atoms with Crippen LogP contribution in [-0.2, 0) is 4.79 Å². The summed E-state index contributed by atoms with van der Waals surface area (Å²) in [5, 5.41) is 20.6. The number of halogens is 2. The minimum Gasteiger partial charge on any atom is -0.493 e. The third-order valence-electron chi connectivity index (χ3n) is 3.47. The number of aromatic carboxylic acids is 1. The molecule has 28 heavy (non-hydrogen) atoms. The molecular weight excluding hydrogens is 374 g/mol. The van der Waals surface area contributed by atoms with Gasteiger partial charge in [0, 0.05) is 5.69 Å². The molecule has 0 saturated carbocycles. The Morgan fingerprint density at radius 3 is 2.39 bits per heavy atom. The predicted octanol–water partition coefficient (Wildman–Crippen LogP) is 3.54. The van der Waals surface area contributed by atoms with E-state index < -0.39 is 18.5 Å². The van der Waals surface area contributed by atoms with E-state index in [1.54, 1.807) is 6.07 Å². The van der Waals surface area contributed by atoms with Crippen molar-refractivity contribution in [3.8, 4) is 17.6 Å². The molecule has 144 valence electrons. The molecule has 1 amide bonds. The topological polar surface area (TPSA) is 109 Å². The zero-order valence-corrected chi connectivity index (χ0v) is 14.5. The second-order valence-corrected chi connectivity index (χ2v) is 5.30. The van der Waals surface area contributed by atoms with Gasteiger partial charge in [0.15, 0.2) is 11.5 Å². The fourth-order valence-electron chi connectivity index (χ4n) is 2.18. The quantitative estimate of drug-likeness (QED) is 0.555. The highest BCUT2D eigenvalue weighted by Gasteiger charge is 2.13. The van der Waals surface area contributed by atoms with E-state index in [4.69, 9.17) is 9.84 Å². The molecule has 0 bridgehead atoms. The fraction of sp³-hybridized carbons (Fsp3) is 0.105. The van der Waals surface area contributed by atoms with Gasteiger partial charge < -0.3 is 19.9 Å². The molecule has 7 nitrogen and oxygen atoms in total. The first-order chi connectivity index (χ1) is 13.3. The number of hydrogen-bond acceptors (Lipinski definition) is 5. The highest BCUT2D eigenvalue weighted by molar-refractivity contribution is 6.09. The molecule has 0 aliphatic heterocycles. The molecule has 0 saturated heterocycles. The van der Waals surface area contributed by atoms with E-state index in [0.717, 1.165) is 0 Å². The van der Waals surface area contributed by atoms with E-state index in [0.29, 0.717) is 11.3 Å². The van der Waals surface area contributed by atoms with Crippen molar-refractivity contribution in [3.63, 3.8) is 0 Å². The standard InChI is InChI=1S/C19H14F2N2O5/c1-27-16-9-11(2-7-15(16)28-19(20)21)8-13(10-22)17(24)23-14-5-3-12(4-6-14)18(25)26/h2-9,19H,1H3,(H,23,24)(H,25,26)/b13-8+. The lowest BCUT2D eigenvalue weighted by atomic mass is 10.1. The summed E-state index contributed by atoms with van der Waals surface area (Å²) in [4.78, 5) is 23.1. The van der Waals surface area contributed by atoms with Crippen LogP contribution in [0.4, 0.5) is 14.5 Å². The lowest BCUT2D eigenvalue weighted by Crippen LogP contribution is -2.13. The zero-order chi connectivity index (χ0) is 20.7. The van der Waals surface area contributed by atoms with Gasteiger partial charge in [0.1, 0.15) is 11.6 Å². The zero-order valence-electron chi connectivity index (χ0n) is 14.5. The number of nitriles is 1. The molecule has 2 N–H and O–H groups in total. The van der Waals surface area contributed by atoms with Crippen molar-refractivity contribution >= 4 is 23.6 Å². The Hall–Kier alpha value is -3.93. The maximum atomic E-state index is 12.4. The molecule has 0 fully saturated rings. The number of carbonyl (C=O) groups is 2. The summed E-state index contributed by atoms with van der Waals surface area (Å²) in [6.45, 7) is -3.02. The van der Waals surface area contributed by atoms with Crippen LogP contribution in [0.15, 0.2) is 48.0 Å². The van der Waals surface area contributed by atoms with Crippen molar-refractivity contribution in [3.05, 3.63) is 59.2 Å². The number of carboxylic acids is 1. The maximum absolute atomic E-state index is 12.4. The summed E-state index contributed by atoms with van der Waals surface area (Å²) >= 11 is 0. The number of carbonyl (C=O) groups excluding carboxylic acids is 1. The van der Waals surface area contributed by atoms with Crippen LogP contribution in [0, 0.1) is 11.3 Å². The van der Waals surface area contributed by atoms with Crippen LogP contribution < -0.4 is 14.8 Å². The molecule has 2 aromatic carbocycles. The smallest absolute Gasteiger partial charge is 0.387 e. The molecule has 2 rings (SSSR count). The van der Waals surface area contributed by atoms with Gasteiger partial charge in [-0.05, 0) is 48.0 Å². The average molecular weight is 388 g/mol. The largest absolute Gasteiger partial charge is 0.493 e. The summed E-state index contributed by atoms with van der Waals surface area (Å²) in [6.07, 6.45) is 1.25. The van der Waals surface area contributed by atoms with Crippen molar-refractivity contribution in [1.82, 2.24) is 0 Å². The summed E-state index contributed by atoms with van der Waals surface area (Å²) in [5.41, 5.74) is 0.444.